The number of hydrogen-bond acceptors (Lipinski definition) is 4. The number of fused-ring (bicyclic) bond motifs is 1. The SMILES string of the molecule is Cc1cc(C)c2c(c1)N(C)C(C)C(CO)S2(=O)=O. The molecular weight excluding hydrogens is 250 g/mol. The minimum Gasteiger partial charge on any atom is -0.395 e. The Morgan fingerprint density at radius 1 is 1.33 bits per heavy atom. The molecule has 0 aromatic heterocycles. The number of aliphatic hydroxyl groups is 1. The molecule has 0 bridgehead atoms. The van der Waals surface area contributed by atoms with E-state index < -0.39 is 15.1 Å². The van der Waals surface area contributed by atoms with Crippen molar-refractivity contribution < 1.29 is 13.5 Å². The number of rotatable bonds is 1. The third kappa shape index (κ3) is 1.73. The Kier molecular flexibility index (Phi) is 3.15. The summed E-state index contributed by atoms with van der Waals surface area (Å²) in [5, 5.41) is 8.63. The van der Waals surface area contributed by atoms with Gasteiger partial charge in [0.2, 0.25) is 0 Å². The van der Waals surface area contributed by atoms with E-state index in [9.17, 15) is 13.5 Å². The second-order valence-corrected chi connectivity index (χ2v) is 7.15. The van der Waals surface area contributed by atoms with E-state index in [-0.39, 0.29) is 12.6 Å². The molecule has 1 aromatic carbocycles. The maximum absolute atomic E-state index is 12.5. The highest BCUT2D eigenvalue weighted by Crippen LogP contribution is 2.38. The molecule has 0 amide bonds. The summed E-state index contributed by atoms with van der Waals surface area (Å²) in [6.45, 7) is 5.25. The molecule has 1 heterocycles. The topological polar surface area (TPSA) is 57.6 Å². The van der Waals surface area contributed by atoms with E-state index >= 15 is 0 Å². The fourth-order valence-corrected chi connectivity index (χ4v) is 4.90. The van der Waals surface area contributed by atoms with Gasteiger partial charge in [-0.3, -0.25) is 0 Å². The zero-order valence-corrected chi connectivity index (χ0v) is 12.0. The summed E-state index contributed by atoms with van der Waals surface area (Å²) in [5.41, 5.74) is 2.54. The molecule has 18 heavy (non-hydrogen) atoms. The lowest BCUT2D eigenvalue weighted by Crippen LogP contribution is -2.50. The van der Waals surface area contributed by atoms with Crippen molar-refractivity contribution in [3.8, 4) is 0 Å². The molecule has 0 saturated carbocycles. The van der Waals surface area contributed by atoms with Gasteiger partial charge in [0.15, 0.2) is 9.84 Å². The number of aryl methyl sites for hydroxylation is 2. The molecule has 0 aliphatic carbocycles. The lowest BCUT2D eigenvalue weighted by Gasteiger charge is -2.39. The van der Waals surface area contributed by atoms with Crippen LogP contribution in [0.1, 0.15) is 18.1 Å². The van der Waals surface area contributed by atoms with Crippen molar-refractivity contribution in [2.45, 2.75) is 37.0 Å². The molecule has 0 fully saturated rings. The third-order valence-corrected chi connectivity index (χ3v) is 6.23. The molecule has 1 aliphatic rings. The fourth-order valence-electron chi connectivity index (χ4n) is 2.69. The Morgan fingerprint density at radius 3 is 2.50 bits per heavy atom. The van der Waals surface area contributed by atoms with E-state index in [1.54, 1.807) is 0 Å². The van der Waals surface area contributed by atoms with Crippen LogP contribution >= 0.6 is 0 Å². The van der Waals surface area contributed by atoms with Crippen LogP contribution in [-0.4, -0.2) is 38.5 Å². The van der Waals surface area contributed by atoms with E-state index in [4.69, 9.17) is 0 Å². The van der Waals surface area contributed by atoms with E-state index in [2.05, 4.69) is 0 Å². The van der Waals surface area contributed by atoms with Crippen molar-refractivity contribution in [3.05, 3.63) is 23.3 Å². The van der Waals surface area contributed by atoms with Gasteiger partial charge in [-0.15, -0.1) is 0 Å². The summed E-state index contributed by atoms with van der Waals surface area (Å²) in [6, 6.07) is 3.53. The minimum atomic E-state index is -3.45. The maximum atomic E-state index is 12.5. The van der Waals surface area contributed by atoms with Crippen LogP contribution < -0.4 is 4.90 Å². The van der Waals surface area contributed by atoms with Crippen molar-refractivity contribution >= 4 is 15.5 Å². The molecular formula is C13H19NO3S. The summed E-state index contributed by atoms with van der Waals surface area (Å²) >= 11 is 0. The molecule has 1 N–H and O–H groups in total. The highest BCUT2D eigenvalue weighted by Gasteiger charge is 2.42. The van der Waals surface area contributed by atoms with Crippen LogP contribution in [0.2, 0.25) is 0 Å². The minimum absolute atomic E-state index is 0.228. The second-order valence-electron chi connectivity index (χ2n) is 5.05. The van der Waals surface area contributed by atoms with Gasteiger partial charge in [-0.25, -0.2) is 8.42 Å². The Labute approximate surface area is 108 Å². The largest absolute Gasteiger partial charge is 0.395 e. The molecule has 2 rings (SSSR count). The van der Waals surface area contributed by atoms with Gasteiger partial charge >= 0.3 is 0 Å². The smallest absolute Gasteiger partial charge is 0.187 e. The molecule has 1 aliphatic heterocycles. The normalized spacial score (nSPS) is 25.9. The molecule has 0 spiro atoms. The van der Waals surface area contributed by atoms with Crippen LogP contribution in [0, 0.1) is 13.8 Å². The Balaban J connectivity index is 2.79. The first-order chi connectivity index (χ1) is 8.30. The first kappa shape index (κ1) is 13.4. The molecule has 0 radical (unpaired) electrons. The van der Waals surface area contributed by atoms with E-state index in [0.717, 1.165) is 16.8 Å². The summed E-state index contributed by atoms with van der Waals surface area (Å²) < 4.78 is 25.1. The van der Waals surface area contributed by atoms with Gasteiger partial charge in [0, 0.05) is 13.1 Å². The fraction of sp³-hybridized carbons (Fsp3) is 0.538. The van der Waals surface area contributed by atoms with Crippen molar-refractivity contribution in [1.29, 1.82) is 0 Å². The number of benzene rings is 1. The summed E-state index contributed by atoms with van der Waals surface area (Å²) in [4.78, 5) is 2.31. The number of aliphatic hydroxyl groups excluding tert-OH is 1. The van der Waals surface area contributed by atoms with Gasteiger partial charge in [-0.1, -0.05) is 6.07 Å². The van der Waals surface area contributed by atoms with Crippen LogP contribution in [0.4, 0.5) is 5.69 Å². The van der Waals surface area contributed by atoms with Gasteiger partial charge in [0.25, 0.3) is 0 Å². The molecule has 1 aromatic rings. The van der Waals surface area contributed by atoms with E-state index in [0.29, 0.717) is 4.90 Å². The van der Waals surface area contributed by atoms with Crippen molar-refractivity contribution in [2.75, 3.05) is 18.6 Å². The van der Waals surface area contributed by atoms with E-state index in [1.165, 1.54) is 0 Å². The van der Waals surface area contributed by atoms with Crippen molar-refractivity contribution in [1.82, 2.24) is 0 Å². The van der Waals surface area contributed by atoms with Crippen LogP contribution in [0.5, 0.6) is 0 Å². The lowest BCUT2D eigenvalue weighted by atomic mass is 10.1. The zero-order chi connectivity index (χ0) is 13.7. The number of nitrogens with zero attached hydrogens (tertiary/aromatic N) is 1. The Morgan fingerprint density at radius 2 is 1.94 bits per heavy atom. The van der Waals surface area contributed by atoms with Crippen molar-refractivity contribution in [2.24, 2.45) is 0 Å². The summed E-state index contributed by atoms with van der Waals surface area (Å²) in [6.07, 6.45) is 0. The van der Waals surface area contributed by atoms with Crippen molar-refractivity contribution in [3.63, 3.8) is 0 Å². The summed E-state index contributed by atoms with van der Waals surface area (Å²) in [7, 11) is -1.58. The third-order valence-electron chi connectivity index (χ3n) is 3.79. The van der Waals surface area contributed by atoms with Gasteiger partial charge in [-0.05, 0) is 38.0 Å². The van der Waals surface area contributed by atoms with Crippen LogP contribution in [0.15, 0.2) is 17.0 Å². The molecule has 100 valence electrons. The highest BCUT2D eigenvalue weighted by atomic mass is 32.2. The number of sulfone groups is 1. The molecule has 4 nitrogen and oxygen atoms in total. The van der Waals surface area contributed by atoms with Crippen LogP contribution in [0.3, 0.4) is 0 Å². The monoisotopic (exact) mass is 269 g/mol. The van der Waals surface area contributed by atoms with Gasteiger partial charge in [0.05, 0.1) is 17.2 Å². The number of anilines is 1. The Bertz CT molecular complexity index is 580. The zero-order valence-electron chi connectivity index (χ0n) is 11.1. The first-order valence-electron chi connectivity index (χ1n) is 5.99. The van der Waals surface area contributed by atoms with Crippen LogP contribution in [-0.2, 0) is 9.84 Å². The van der Waals surface area contributed by atoms with Gasteiger partial charge in [0.1, 0.15) is 5.25 Å². The summed E-state index contributed by atoms with van der Waals surface area (Å²) in [5.74, 6) is 0. The predicted molar refractivity (Wildman–Crippen MR) is 71.8 cm³/mol. The first-order valence-corrected chi connectivity index (χ1v) is 7.54. The average Bonchev–Trinajstić information content (AvgIpc) is 2.25. The van der Waals surface area contributed by atoms with Crippen LogP contribution in [0.25, 0.3) is 0 Å². The highest BCUT2D eigenvalue weighted by molar-refractivity contribution is 7.92. The second kappa shape index (κ2) is 4.24. The van der Waals surface area contributed by atoms with Gasteiger partial charge in [-0.2, -0.15) is 0 Å². The molecule has 0 saturated heterocycles. The maximum Gasteiger partial charge on any atom is 0.187 e. The molecule has 5 heteroatoms. The Hall–Kier alpha value is -1.07. The van der Waals surface area contributed by atoms with E-state index in [1.807, 2.05) is 44.9 Å². The lowest BCUT2D eigenvalue weighted by molar-refractivity contribution is 0.276. The standard InChI is InChI=1S/C13H19NO3S/c1-8-5-9(2)13-11(6-8)14(4)10(3)12(7-15)18(13,16)17/h5-6,10,12,15H,7H2,1-4H3. The van der Waals surface area contributed by atoms with Gasteiger partial charge < -0.3 is 10.0 Å². The average molecular weight is 269 g/mol. The predicted octanol–water partition coefficient (Wildman–Crippen LogP) is 1.28. The quantitative estimate of drug-likeness (QED) is 0.834. The number of hydrogen-bond donors (Lipinski definition) is 1. The molecule has 2 atom stereocenters. The molecule has 2 unspecified atom stereocenters.